The van der Waals surface area contributed by atoms with Crippen molar-refractivity contribution < 1.29 is 34.0 Å². The number of allylic oxidation sites excluding steroid dienone is 2. The molecule has 148 valence electrons. The molecule has 2 heterocycles. The van der Waals surface area contributed by atoms with Gasteiger partial charge >= 0.3 is 11.9 Å². The monoisotopic (exact) mass is 378 g/mol. The molecule has 0 aromatic carbocycles. The first-order chi connectivity index (χ1) is 12.6. The van der Waals surface area contributed by atoms with Crippen LogP contribution in [0.3, 0.4) is 0 Å². The Morgan fingerprint density at radius 2 is 2.11 bits per heavy atom. The third kappa shape index (κ3) is 2.68. The van der Waals surface area contributed by atoms with E-state index in [2.05, 4.69) is 6.58 Å². The van der Waals surface area contributed by atoms with Crippen LogP contribution < -0.4 is 0 Å². The van der Waals surface area contributed by atoms with Gasteiger partial charge in [0, 0.05) is 5.57 Å². The maximum absolute atomic E-state index is 12.5. The van der Waals surface area contributed by atoms with Crippen LogP contribution in [0.2, 0.25) is 0 Å². The highest BCUT2D eigenvalue weighted by Crippen LogP contribution is 2.57. The lowest BCUT2D eigenvalue weighted by Crippen LogP contribution is -2.57. The van der Waals surface area contributed by atoms with Crippen LogP contribution in [-0.4, -0.2) is 52.4 Å². The van der Waals surface area contributed by atoms with E-state index in [0.29, 0.717) is 24.0 Å². The lowest BCUT2D eigenvalue weighted by atomic mass is 9.72. The summed E-state index contributed by atoms with van der Waals surface area (Å²) in [6, 6.07) is 0. The van der Waals surface area contributed by atoms with Gasteiger partial charge in [0.15, 0.2) is 18.0 Å². The summed E-state index contributed by atoms with van der Waals surface area (Å²) in [5.41, 5.74) is -1.74. The molecule has 0 aromatic rings. The Hall–Kier alpha value is -1.96. The number of aliphatic hydroxyl groups is 2. The Bertz CT molecular complexity index is 751. The van der Waals surface area contributed by atoms with Crippen molar-refractivity contribution in [1.82, 2.24) is 0 Å². The van der Waals surface area contributed by atoms with E-state index >= 15 is 0 Å². The molecule has 6 atom stereocenters. The van der Waals surface area contributed by atoms with Gasteiger partial charge in [0.2, 0.25) is 0 Å². The summed E-state index contributed by atoms with van der Waals surface area (Å²) in [6.07, 6.45) is -0.335. The van der Waals surface area contributed by atoms with E-state index < -0.39 is 47.6 Å². The van der Waals surface area contributed by atoms with Crippen LogP contribution in [0.5, 0.6) is 0 Å². The lowest BCUT2D eigenvalue weighted by molar-refractivity contribution is -0.204. The van der Waals surface area contributed by atoms with E-state index in [4.69, 9.17) is 14.2 Å². The minimum Gasteiger partial charge on any atom is -0.455 e. The fourth-order valence-corrected chi connectivity index (χ4v) is 4.12. The number of rotatable bonds is 2. The normalized spacial score (nSPS) is 41.9. The Kier molecular flexibility index (Phi) is 4.82. The average Bonchev–Trinajstić information content (AvgIpc) is 3.01. The van der Waals surface area contributed by atoms with Gasteiger partial charge < -0.3 is 24.4 Å². The lowest BCUT2D eigenvalue weighted by Gasteiger charge is -2.38. The molecule has 7 nitrogen and oxygen atoms in total. The Labute approximate surface area is 158 Å². The maximum atomic E-state index is 12.5. The highest BCUT2D eigenvalue weighted by Gasteiger charge is 2.74. The van der Waals surface area contributed by atoms with Crippen LogP contribution >= 0.6 is 0 Å². The van der Waals surface area contributed by atoms with Gasteiger partial charge in [-0.15, -0.1) is 0 Å². The van der Waals surface area contributed by atoms with Crippen molar-refractivity contribution in [3.63, 3.8) is 0 Å². The third-order valence-electron chi connectivity index (χ3n) is 6.12. The molecule has 0 aromatic heterocycles. The van der Waals surface area contributed by atoms with Gasteiger partial charge in [-0.1, -0.05) is 25.7 Å². The summed E-state index contributed by atoms with van der Waals surface area (Å²) < 4.78 is 17.0. The minimum absolute atomic E-state index is 0.0695. The second kappa shape index (κ2) is 6.58. The van der Waals surface area contributed by atoms with Crippen molar-refractivity contribution in [3.8, 4) is 0 Å². The first kappa shape index (κ1) is 19.8. The fraction of sp³-hybridized carbons (Fsp3) is 0.600. The highest BCUT2D eigenvalue weighted by atomic mass is 16.7. The summed E-state index contributed by atoms with van der Waals surface area (Å²) in [5, 5.41) is 21.6. The van der Waals surface area contributed by atoms with Gasteiger partial charge in [-0.3, -0.25) is 0 Å². The molecule has 0 spiro atoms. The van der Waals surface area contributed by atoms with Gasteiger partial charge in [-0.05, 0) is 39.2 Å². The molecule has 6 unspecified atom stereocenters. The molecule has 2 bridgehead atoms. The number of aliphatic hydroxyl groups excluding tert-OH is 2. The number of hydrogen-bond donors (Lipinski definition) is 2. The van der Waals surface area contributed by atoms with Gasteiger partial charge in [-0.25, -0.2) is 9.59 Å². The Morgan fingerprint density at radius 1 is 1.44 bits per heavy atom. The fourth-order valence-electron chi connectivity index (χ4n) is 4.12. The zero-order chi connectivity index (χ0) is 20.1. The SMILES string of the molecule is C=C1C(=O)OC2C3(C)CCC=C(C)C(O)C(OC(=O)C(C)=CC)C12OC3O. The Morgan fingerprint density at radius 3 is 2.74 bits per heavy atom. The molecule has 0 amide bonds. The predicted molar refractivity (Wildman–Crippen MR) is 95.3 cm³/mol. The van der Waals surface area contributed by atoms with E-state index in [9.17, 15) is 19.8 Å². The van der Waals surface area contributed by atoms with Gasteiger partial charge in [0.05, 0.1) is 11.0 Å². The highest BCUT2D eigenvalue weighted by molar-refractivity contribution is 5.94. The zero-order valence-corrected chi connectivity index (χ0v) is 16.0. The minimum atomic E-state index is -1.66. The van der Waals surface area contributed by atoms with Crippen molar-refractivity contribution in [1.29, 1.82) is 0 Å². The largest absolute Gasteiger partial charge is 0.455 e. The number of ether oxygens (including phenoxy) is 3. The van der Waals surface area contributed by atoms with Gasteiger partial charge in [0.25, 0.3) is 0 Å². The van der Waals surface area contributed by atoms with Crippen LogP contribution in [0.25, 0.3) is 0 Å². The molecule has 0 saturated carbocycles. The van der Waals surface area contributed by atoms with Crippen LogP contribution in [0.4, 0.5) is 0 Å². The molecular weight excluding hydrogens is 352 g/mol. The summed E-state index contributed by atoms with van der Waals surface area (Å²) in [5.74, 6) is -1.34. The standard InChI is InChI=1S/C20H26O7/c1-6-10(2)15(22)25-14-13(21)11(3)8-7-9-19(5)17-20(14,27-18(19)24)12(4)16(23)26-17/h6,8,13-14,17-18,21,24H,4,7,9H2,1-3,5H3. The Balaban J connectivity index is 2.18. The molecule has 1 aliphatic carbocycles. The number of hydrogen-bond acceptors (Lipinski definition) is 7. The van der Waals surface area contributed by atoms with E-state index in [1.54, 1.807) is 33.8 Å². The molecule has 7 heteroatoms. The van der Waals surface area contributed by atoms with Crippen LogP contribution in [0, 0.1) is 5.41 Å². The van der Waals surface area contributed by atoms with Crippen LogP contribution in [-0.2, 0) is 23.8 Å². The van der Waals surface area contributed by atoms with E-state index in [1.165, 1.54) is 0 Å². The molecular formula is C20H26O7. The van der Waals surface area contributed by atoms with Gasteiger partial charge in [-0.2, -0.15) is 0 Å². The smallest absolute Gasteiger partial charge is 0.337 e. The average molecular weight is 378 g/mol. The quantitative estimate of drug-likeness (QED) is 0.427. The second-order valence-electron chi connectivity index (χ2n) is 7.76. The van der Waals surface area contributed by atoms with Crippen molar-refractivity contribution in [3.05, 3.63) is 35.5 Å². The van der Waals surface area contributed by atoms with E-state index in [0.717, 1.165) is 0 Å². The summed E-state index contributed by atoms with van der Waals surface area (Å²) >= 11 is 0. The summed E-state index contributed by atoms with van der Waals surface area (Å²) in [4.78, 5) is 24.9. The van der Waals surface area contributed by atoms with Crippen molar-refractivity contribution in [2.24, 2.45) is 5.41 Å². The molecule has 0 radical (unpaired) electrons. The van der Waals surface area contributed by atoms with E-state index in [-0.39, 0.29) is 5.57 Å². The molecule has 3 rings (SSSR count). The van der Waals surface area contributed by atoms with E-state index in [1.807, 2.05) is 6.08 Å². The topological polar surface area (TPSA) is 102 Å². The molecule has 2 fully saturated rings. The molecule has 2 N–H and O–H groups in total. The predicted octanol–water partition coefficient (Wildman–Crippen LogP) is 1.54. The van der Waals surface area contributed by atoms with Gasteiger partial charge in [0.1, 0.15) is 12.2 Å². The van der Waals surface area contributed by atoms with Crippen LogP contribution in [0.15, 0.2) is 35.5 Å². The van der Waals surface area contributed by atoms with Crippen molar-refractivity contribution >= 4 is 11.9 Å². The maximum Gasteiger partial charge on any atom is 0.337 e. The summed E-state index contributed by atoms with van der Waals surface area (Å²) in [6.45, 7) is 10.5. The first-order valence-corrected chi connectivity index (χ1v) is 9.04. The third-order valence-corrected chi connectivity index (χ3v) is 6.12. The summed E-state index contributed by atoms with van der Waals surface area (Å²) in [7, 11) is 0. The second-order valence-corrected chi connectivity index (χ2v) is 7.76. The number of esters is 2. The number of carbonyl (C=O) groups is 2. The zero-order valence-electron chi connectivity index (χ0n) is 16.0. The number of carbonyl (C=O) groups excluding carboxylic acids is 2. The first-order valence-electron chi connectivity index (χ1n) is 9.04. The molecule has 2 saturated heterocycles. The van der Waals surface area contributed by atoms with Crippen LogP contribution in [0.1, 0.15) is 40.5 Å². The molecule has 27 heavy (non-hydrogen) atoms. The van der Waals surface area contributed by atoms with Crippen molar-refractivity contribution in [2.75, 3.05) is 0 Å². The van der Waals surface area contributed by atoms with Crippen molar-refractivity contribution in [2.45, 2.75) is 70.7 Å². The molecule has 3 aliphatic rings. The molecule has 2 aliphatic heterocycles.